The van der Waals surface area contributed by atoms with Crippen molar-refractivity contribution in [3.8, 4) is 11.4 Å². The fraction of sp³-hybridized carbons (Fsp3) is 0.0556. The topological polar surface area (TPSA) is 82.3 Å². The molecular weight excluding hydrogens is 336 g/mol. The fourth-order valence-electron chi connectivity index (χ4n) is 2.71. The van der Waals surface area contributed by atoms with Crippen LogP contribution in [0, 0.1) is 6.92 Å². The Labute approximate surface area is 147 Å². The molecule has 4 rings (SSSR count). The van der Waals surface area contributed by atoms with Crippen molar-refractivity contribution in [3.63, 3.8) is 0 Å². The lowest BCUT2D eigenvalue weighted by molar-refractivity contribution is -0.255. The van der Waals surface area contributed by atoms with Gasteiger partial charge >= 0.3 is 0 Å². The third-order valence-corrected chi connectivity index (χ3v) is 4.56. The number of benzene rings is 1. The average Bonchev–Trinajstić information content (AvgIpc) is 3.18. The van der Waals surface area contributed by atoms with Gasteiger partial charge in [-0.15, -0.1) is 11.3 Å². The van der Waals surface area contributed by atoms with Crippen molar-refractivity contribution < 1.29 is 9.90 Å². The predicted molar refractivity (Wildman–Crippen MR) is 95.1 cm³/mol. The highest BCUT2D eigenvalue weighted by atomic mass is 32.1. The summed E-state index contributed by atoms with van der Waals surface area (Å²) in [6, 6.07) is 12.3. The van der Waals surface area contributed by atoms with Crippen molar-refractivity contribution in [3.05, 3.63) is 65.3 Å². The molecule has 25 heavy (non-hydrogen) atoms. The van der Waals surface area contributed by atoms with Crippen LogP contribution in [0.3, 0.4) is 0 Å². The first-order valence-corrected chi connectivity index (χ1v) is 8.48. The minimum absolute atomic E-state index is 0.124. The van der Waals surface area contributed by atoms with Crippen molar-refractivity contribution in [1.29, 1.82) is 0 Å². The van der Waals surface area contributed by atoms with Crippen LogP contribution in [-0.4, -0.2) is 20.3 Å². The molecule has 0 amide bonds. The van der Waals surface area contributed by atoms with Crippen LogP contribution in [0.5, 0.6) is 0 Å². The predicted octanol–water partition coefficient (Wildman–Crippen LogP) is 2.87. The number of pyridine rings is 1. The average molecular weight is 349 g/mol. The van der Waals surface area contributed by atoms with Crippen molar-refractivity contribution in [1.82, 2.24) is 14.4 Å². The Hall–Kier alpha value is -3.19. The van der Waals surface area contributed by atoms with Crippen molar-refractivity contribution in [2.24, 2.45) is 0 Å². The van der Waals surface area contributed by atoms with Gasteiger partial charge in [0.15, 0.2) is 5.13 Å². The Bertz CT molecular complexity index is 1080. The summed E-state index contributed by atoms with van der Waals surface area (Å²) < 4.78 is 2.00. The van der Waals surface area contributed by atoms with Gasteiger partial charge in [-0.2, -0.15) is 0 Å². The van der Waals surface area contributed by atoms with Crippen LogP contribution in [0.2, 0.25) is 0 Å². The van der Waals surface area contributed by atoms with Crippen LogP contribution in [-0.2, 0) is 0 Å². The molecule has 4 aromatic rings. The number of nitrogens with one attached hydrogen (secondary N) is 1. The molecular formula is C18H13N4O2S-. The van der Waals surface area contributed by atoms with Crippen LogP contribution in [0.4, 0.5) is 10.8 Å². The van der Waals surface area contributed by atoms with Gasteiger partial charge in [0, 0.05) is 17.3 Å². The molecule has 0 aliphatic carbocycles. The van der Waals surface area contributed by atoms with Gasteiger partial charge in [0.2, 0.25) is 0 Å². The van der Waals surface area contributed by atoms with Gasteiger partial charge in [-0.05, 0) is 36.8 Å². The lowest BCUT2D eigenvalue weighted by Crippen LogP contribution is -2.22. The molecule has 3 aromatic heterocycles. The van der Waals surface area contributed by atoms with E-state index < -0.39 is 5.97 Å². The van der Waals surface area contributed by atoms with E-state index >= 15 is 0 Å². The Morgan fingerprint density at radius 1 is 1.20 bits per heavy atom. The number of carboxylic acid groups (broad SMARTS) is 1. The van der Waals surface area contributed by atoms with E-state index in [9.17, 15) is 9.90 Å². The van der Waals surface area contributed by atoms with Crippen LogP contribution in [0.15, 0.2) is 54.0 Å². The maximum atomic E-state index is 11.0. The monoisotopic (exact) mass is 349 g/mol. The SMILES string of the molecule is Cc1nc2ccccn2c1-c1csc(Nc2cccc(C(=O)[O-])c2)n1. The highest BCUT2D eigenvalue weighted by Crippen LogP contribution is 2.29. The van der Waals surface area contributed by atoms with E-state index in [4.69, 9.17) is 0 Å². The van der Waals surface area contributed by atoms with Gasteiger partial charge in [0.1, 0.15) is 11.3 Å². The van der Waals surface area contributed by atoms with Crippen LogP contribution in [0.25, 0.3) is 17.0 Å². The number of carbonyl (C=O) groups excluding carboxylic acids is 1. The number of imidazole rings is 1. The zero-order valence-electron chi connectivity index (χ0n) is 13.3. The van der Waals surface area contributed by atoms with Gasteiger partial charge in [-0.3, -0.25) is 4.40 Å². The van der Waals surface area contributed by atoms with E-state index in [1.54, 1.807) is 12.1 Å². The molecule has 124 valence electrons. The smallest absolute Gasteiger partial charge is 0.187 e. The summed E-state index contributed by atoms with van der Waals surface area (Å²) in [6.45, 7) is 1.96. The van der Waals surface area contributed by atoms with Gasteiger partial charge in [-0.25, -0.2) is 9.97 Å². The standard InChI is InChI=1S/C18H14N4O2S/c1-11-16(22-8-3-2-7-15(22)19-11)14-10-25-18(21-14)20-13-6-4-5-12(9-13)17(23)24/h2-10H,1H3,(H,20,21)(H,23,24)/p-1. The Morgan fingerprint density at radius 3 is 2.92 bits per heavy atom. The van der Waals surface area contributed by atoms with E-state index in [-0.39, 0.29) is 5.56 Å². The summed E-state index contributed by atoms with van der Waals surface area (Å²) in [5, 5.41) is 16.7. The summed E-state index contributed by atoms with van der Waals surface area (Å²) in [5.41, 5.74) is 4.32. The molecule has 0 radical (unpaired) electrons. The minimum atomic E-state index is -1.20. The maximum absolute atomic E-state index is 11.0. The number of hydrogen-bond donors (Lipinski definition) is 1. The lowest BCUT2D eigenvalue weighted by Gasteiger charge is -2.06. The second-order valence-electron chi connectivity index (χ2n) is 5.51. The highest BCUT2D eigenvalue weighted by Gasteiger charge is 2.14. The number of hydrogen-bond acceptors (Lipinski definition) is 6. The molecule has 0 atom stereocenters. The summed E-state index contributed by atoms with van der Waals surface area (Å²) in [4.78, 5) is 20.1. The van der Waals surface area contributed by atoms with Crippen LogP contribution in [0.1, 0.15) is 16.1 Å². The highest BCUT2D eigenvalue weighted by molar-refractivity contribution is 7.14. The molecule has 0 aliphatic heterocycles. The van der Waals surface area contributed by atoms with Gasteiger partial charge in [0.05, 0.1) is 17.4 Å². The molecule has 0 aliphatic rings. The Morgan fingerprint density at radius 2 is 2.08 bits per heavy atom. The molecule has 0 saturated carbocycles. The molecule has 0 bridgehead atoms. The molecule has 1 aromatic carbocycles. The number of rotatable bonds is 4. The molecule has 1 N–H and O–H groups in total. The number of aromatic carboxylic acids is 1. The molecule has 0 fully saturated rings. The van der Waals surface area contributed by atoms with Crippen molar-refractivity contribution in [2.45, 2.75) is 6.92 Å². The number of carboxylic acids is 1. The van der Waals surface area contributed by atoms with Gasteiger partial charge in [-0.1, -0.05) is 18.2 Å². The van der Waals surface area contributed by atoms with Crippen molar-refractivity contribution in [2.75, 3.05) is 5.32 Å². The maximum Gasteiger partial charge on any atom is 0.187 e. The number of nitrogens with zero attached hydrogens (tertiary/aromatic N) is 3. The third-order valence-electron chi connectivity index (χ3n) is 3.80. The number of carbonyl (C=O) groups is 1. The number of fused-ring (bicyclic) bond motifs is 1. The van der Waals surface area contributed by atoms with E-state index in [1.807, 2.05) is 41.1 Å². The Kier molecular flexibility index (Phi) is 3.70. The molecule has 3 heterocycles. The van der Waals surface area contributed by atoms with Gasteiger partial charge in [0.25, 0.3) is 0 Å². The minimum Gasteiger partial charge on any atom is -0.545 e. The number of aryl methyl sites for hydroxylation is 1. The first-order valence-electron chi connectivity index (χ1n) is 7.60. The van der Waals surface area contributed by atoms with Gasteiger partial charge < -0.3 is 15.2 Å². The van der Waals surface area contributed by atoms with E-state index in [0.717, 1.165) is 22.7 Å². The second kappa shape index (κ2) is 6.03. The molecule has 0 saturated heterocycles. The van der Waals surface area contributed by atoms with Crippen LogP contribution >= 0.6 is 11.3 Å². The molecule has 6 nitrogen and oxygen atoms in total. The second-order valence-corrected chi connectivity index (χ2v) is 6.36. The molecule has 0 spiro atoms. The zero-order chi connectivity index (χ0) is 17.4. The Balaban J connectivity index is 1.67. The number of aromatic nitrogens is 3. The van der Waals surface area contributed by atoms with Crippen molar-refractivity contribution >= 4 is 33.8 Å². The summed E-state index contributed by atoms with van der Waals surface area (Å²) in [6.07, 6.45) is 1.96. The molecule has 0 unspecified atom stereocenters. The largest absolute Gasteiger partial charge is 0.545 e. The lowest BCUT2D eigenvalue weighted by atomic mass is 10.2. The van der Waals surface area contributed by atoms with E-state index in [0.29, 0.717) is 10.8 Å². The first kappa shape index (κ1) is 15.3. The van der Waals surface area contributed by atoms with E-state index in [1.165, 1.54) is 23.5 Å². The zero-order valence-corrected chi connectivity index (χ0v) is 14.1. The summed E-state index contributed by atoms with van der Waals surface area (Å²) in [5.74, 6) is -1.20. The van der Waals surface area contributed by atoms with Crippen LogP contribution < -0.4 is 10.4 Å². The first-order chi connectivity index (χ1) is 12.1. The normalized spacial score (nSPS) is 10.9. The molecule has 7 heteroatoms. The third kappa shape index (κ3) is 2.85. The summed E-state index contributed by atoms with van der Waals surface area (Å²) >= 11 is 1.45. The fourth-order valence-corrected chi connectivity index (χ4v) is 3.42. The number of anilines is 2. The quantitative estimate of drug-likeness (QED) is 0.612. The van der Waals surface area contributed by atoms with E-state index in [2.05, 4.69) is 15.3 Å². The summed E-state index contributed by atoms with van der Waals surface area (Å²) in [7, 11) is 0. The number of thiazole rings is 1.